The van der Waals surface area contributed by atoms with Gasteiger partial charge >= 0.3 is 0 Å². The predicted octanol–water partition coefficient (Wildman–Crippen LogP) is 2.19. The van der Waals surface area contributed by atoms with E-state index in [9.17, 15) is 0 Å². The molecular weight excluding hydrogens is 414 g/mol. The van der Waals surface area contributed by atoms with E-state index in [1.807, 2.05) is 24.5 Å². The van der Waals surface area contributed by atoms with Crippen LogP contribution in [0.1, 0.15) is 24.4 Å². The van der Waals surface area contributed by atoms with E-state index in [0.29, 0.717) is 12.5 Å². The van der Waals surface area contributed by atoms with Crippen LogP contribution in [0.4, 0.5) is 5.95 Å². The predicted molar refractivity (Wildman–Crippen MR) is 120 cm³/mol. The lowest BCUT2D eigenvalue weighted by atomic mass is 10.2. The van der Waals surface area contributed by atoms with Gasteiger partial charge in [0, 0.05) is 24.9 Å². The molecule has 0 bridgehead atoms. The average Bonchev–Trinajstić information content (AvgIpc) is 3.40. The summed E-state index contributed by atoms with van der Waals surface area (Å²) in [6.45, 7) is 5.30. The van der Waals surface area contributed by atoms with Crippen molar-refractivity contribution in [1.29, 1.82) is 0 Å². The van der Waals surface area contributed by atoms with E-state index in [-0.39, 0.29) is 0 Å². The molecule has 162 valence electrons. The number of hydrogen-bond acceptors (Lipinski definition) is 9. The van der Waals surface area contributed by atoms with E-state index in [1.165, 1.54) is 0 Å². The van der Waals surface area contributed by atoms with Crippen LogP contribution in [0, 0.1) is 0 Å². The SMILES string of the molecule is CCc1nnc2n1CCN(Cc1nc3c4cccc(OC)c4nc(NCSC)n3n1)C2. The Balaban J connectivity index is 1.50. The fourth-order valence-corrected chi connectivity index (χ4v) is 4.27. The van der Waals surface area contributed by atoms with Crippen molar-refractivity contribution in [3.8, 4) is 5.75 Å². The maximum atomic E-state index is 5.53. The maximum Gasteiger partial charge on any atom is 0.227 e. The highest BCUT2D eigenvalue weighted by molar-refractivity contribution is 7.98. The van der Waals surface area contributed by atoms with Crippen LogP contribution in [0.3, 0.4) is 0 Å². The number of aromatic nitrogens is 7. The number of thioether (sulfide) groups is 1. The molecule has 0 saturated heterocycles. The van der Waals surface area contributed by atoms with Crippen LogP contribution in [0.2, 0.25) is 0 Å². The number of nitrogens with one attached hydrogen (secondary N) is 1. The van der Waals surface area contributed by atoms with E-state index in [2.05, 4.69) is 31.9 Å². The first kappa shape index (κ1) is 20.0. The molecular formula is C20H25N9OS. The molecule has 31 heavy (non-hydrogen) atoms. The van der Waals surface area contributed by atoms with Crippen LogP contribution >= 0.6 is 11.8 Å². The second-order valence-corrected chi connectivity index (χ2v) is 8.28. The van der Waals surface area contributed by atoms with Crippen molar-refractivity contribution in [2.24, 2.45) is 0 Å². The molecule has 1 aliphatic rings. The minimum Gasteiger partial charge on any atom is -0.494 e. The van der Waals surface area contributed by atoms with Crippen molar-refractivity contribution >= 4 is 34.3 Å². The van der Waals surface area contributed by atoms with Gasteiger partial charge in [-0.15, -0.1) is 27.1 Å². The van der Waals surface area contributed by atoms with E-state index >= 15 is 0 Å². The van der Waals surface area contributed by atoms with E-state index in [4.69, 9.17) is 19.8 Å². The Bertz CT molecular complexity index is 1230. The van der Waals surface area contributed by atoms with Gasteiger partial charge in [0.1, 0.15) is 22.9 Å². The number of fused-ring (bicyclic) bond motifs is 4. The minimum absolute atomic E-state index is 0.642. The average molecular weight is 440 g/mol. The molecule has 0 amide bonds. The second-order valence-electron chi connectivity index (χ2n) is 7.41. The number of anilines is 1. The Morgan fingerprint density at radius 3 is 2.90 bits per heavy atom. The van der Waals surface area contributed by atoms with E-state index in [1.54, 1.807) is 23.4 Å². The van der Waals surface area contributed by atoms with Gasteiger partial charge in [-0.2, -0.15) is 4.52 Å². The number of hydrogen-bond donors (Lipinski definition) is 1. The summed E-state index contributed by atoms with van der Waals surface area (Å²) in [7, 11) is 1.66. The van der Waals surface area contributed by atoms with Gasteiger partial charge in [0.25, 0.3) is 0 Å². The Morgan fingerprint density at radius 1 is 1.19 bits per heavy atom. The van der Waals surface area contributed by atoms with Crippen LogP contribution in [0.25, 0.3) is 16.6 Å². The first-order valence-corrected chi connectivity index (χ1v) is 11.7. The lowest BCUT2D eigenvalue weighted by Crippen LogP contribution is -2.34. The fourth-order valence-electron chi connectivity index (χ4n) is 4.00. The number of methoxy groups -OCH3 is 1. The summed E-state index contributed by atoms with van der Waals surface area (Å²) < 4.78 is 9.56. The lowest BCUT2D eigenvalue weighted by molar-refractivity contribution is 0.202. The van der Waals surface area contributed by atoms with Gasteiger partial charge in [-0.25, -0.2) is 9.97 Å². The zero-order valence-electron chi connectivity index (χ0n) is 17.9. The first-order chi connectivity index (χ1) is 15.2. The van der Waals surface area contributed by atoms with Crippen molar-refractivity contribution in [3.05, 3.63) is 35.7 Å². The number of aryl methyl sites for hydroxylation is 1. The topological polar surface area (TPSA) is 98.3 Å². The zero-order valence-corrected chi connectivity index (χ0v) is 18.7. The molecule has 0 atom stereocenters. The molecule has 1 aliphatic heterocycles. The van der Waals surface area contributed by atoms with Crippen molar-refractivity contribution < 1.29 is 4.74 Å². The molecule has 4 heterocycles. The number of para-hydroxylation sites is 1. The highest BCUT2D eigenvalue weighted by Gasteiger charge is 2.23. The van der Waals surface area contributed by atoms with Crippen molar-refractivity contribution in [1.82, 2.24) is 39.2 Å². The van der Waals surface area contributed by atoms with Gasteiger partial charge in [0.2, 0.25) is 5.95 Å². The molecule has 1 aromatic carbocycles. The van der Waals surface area contributed by atoms with Gasteiger partial charge in [-0.1, -0.05) is 13.0 Å². The molecule has 10 nitrogen and oxygen atoms in total. The van der Waals surface area contributed by atoms with Crippen molar-refractivity contribution in [3.63, 3.8) is 0 Å². The Kier molecular flexibility index (Phi) is 5.36. The number of ether oxygens (including phenoxy) is 1. The summed E-state index contributed by atoms with van der Waals surface area (Å²) in [5, 5.41) is 17.7. The third-order valence-electron chi connectivity index (χ3n) is 5.49. The Morgan fingerprint density at radius 2 is 2.10 bits per heavy atom. The summed E-state index contributed by atoms with van der Waals surface area (Å²) in [5.74, 6) is 4.92. The van der Waals surface area contributed by atoms with Crippen LogP contribution in [-0.4, -0.2) is 65.0 Å². The largest absolute Gasteiger partial charge is 0.494 e. The summed E-state index contributed by atoms with van der Waals surface area (Å²) >= 11 is 1.69. The summed E-state index contributed by atoms with van der Waals surface area (Å²) in [5.41, 5.74) is 1.55. The molecule has 0 spiro atoms. The summed E-state index contributed by atoms with van der Waals surface area (Å²) in [6, 6.07) is 5.87. The molecule has 0 saturated carbocycles. The molecule has 1 N–H and O–H groups in total. The molecule has 0 fully saturated rings. The third-order valence-corrected chi connectivity index (χ3v) is 5.93. The minimum atomic E-state index is 0.642. The maximum absolute atomic E-state index is 5.53. The van der Waals surface area contributed by atoms with Crippen LogP contribution < -0.4 is 10.1 Å². The standard InChI is InChI=1S/C20H25N9OS/c1-4-16-24-25-17-11-27(8-9-28(16)17)10-15-22-19-13-6-5-7-14(30-2)18(13)23-20(21-12-31-3)29(19)26-15/h5-7H,4,8-12H2,1-3H3,(H,21,23). The Labute approximate surface area is 184 Å². The van der Waals surface area contributed by atoms with Gasteiger partial charge in [0.15, 0.2) is 11.5 Å². The van der Waals surface area contributed by atoms with Crippen LogP contribution in [-0.2, 0) is 26.1 Å². The summed E-state index contributed by atoms with van der Waals surface area (Å²) in [6.07, 6.45) is 2.94. The van der Waals surface area contributed by atoms with E-state index < -0.39 is 0 Å². The van der Waals surface area contributed by atoms with E-state index in [0.717, 1.165) is 71.7 Å². The van der Waals surface area contributed by atoms with Crippen LogP contribution in [0.15, 0.2) is 18.2 Å². The normalized spacial score (nSPS) is 14.3. The number of nitrogens with zero attached hydrogens (tertiary/aromatic N) is 8. The van der Waals surface area contributed by atoms with Gasteiger partial charge in [0.05, 0.1) is 26.1 Å². The molecule has 5 rings (SSSR count). The smallest absolute Gasteiger partial charge is 0.227 e. The molecule has 11 heteroatoms. The highest BCUT2D eigenvalue weighted by atomic mass is 32.2. The molecule has 4 aromatic rings. The quantitative estimate of drug-likeness (QED) is 0.434. The molecule has 0 radical (unpaired) electrons. The third kappa shape index (κ3) is 3.57. The van der Waals surface area contributed by atoms with Crippen molar-refractivity contribution in [2.75, 3.05) is 31.1 Å². The van der Waals surface area contributed by atoms with Gasteiger partial charge in [-0.05, 0) is 18.4 Å². The highest BCUT2D eigenvalue weighted by Crippen LogP contribution is 2.28. The second kappa shape index (κ2) is 8.31. The molecule has 0 aliphatic carbocycles. The molecule has 0 unspecified atom stereocenters. The monoisotopic (exact) mass is 439 g/mol. The van der Waals surface area contributed by atoms with Crippen molar-refractivity contribution in [2.45, 2.75) is 33.0 Å². The molecule has 3 aromatic heterocycles. The van der Waals surface area contributed by atoms with Gasteiger partial charge < -0.3 is 14.6 Å². The fraction of sp³-hybridized carbons (Fsp3) is 0.450. The van der Waals surface area contributed by atoms with Crippen LogP contribution in [0.5, 0.6) is 5.75 Å². The number of benzene rings is 1. The Hall–Kier alpha value is -2.92. The first-order valence-electron chi connectivity index (χ1n) is 10.3. The summed E-state index contributed by atoms with van der Waals surface area (Å²) in [4.78, 5) is 12.0. The van der Waals surface area contributed by atoms with Gasteiger partial charge in [-0.3, -0.25) is 4.90 Å². The zero-order chi connectivity index (χ0) is 21.4. The lowest BCUT2D eigenvalue weighted by Gasteiger charge is -2.26. The number of rotatable bonds is 7.